The van der Waals surface area contributed by atoms with Crippen molar-refractivity contribution in [2.24, 2.45) is 0 Å². The minimum Gasteiger partial charge on any atom is -0.403 e. The van der Waals surface area contributed by atoms with Gasteiger partial charge in [0.2, 0.25) is 0 Å². The molecule has 35 heavy (non-hydrogen) atoms. The Morgan fingerprint density at radius 1 is 0.971 bits per heavy atom. The quantitative estimate of drug-likeness (QED) is 0.234. The van der Waals surface area contributed by atoms with Crippen LogP contribution in [0.15, 0.2) is 74.0 Å². The molecule has 0 N–H and O–H groups in total. The number of ketones is 2. The van der Waals surface area contributed by atoms with Crippen LogP contribution in [0.4, 0.5) is 0 Å². The first kappa shape index (κ1) is 23.2. The zero-order valence-corrected chi connectivity index (χ0v) is 20.1. The van der Waals surface area contributed by atoms with E-state index in [1.807, 2.05) is 23.6 Å². The van der Waals surface area contributed by atoms with Crippen LogP contribution in [-0.4, -0.2) is 29.3 Å². The minimum absolute atomic E-state index is 0.0385. The maximum atomic E-state index is 13.7. The smallest absolute Gasteiger partial charge is 0.403 e. The van der Waals surface area contributed by atoms with Crippen LogP contribution < -0.4 is 4.52 Å². The molecule has 0 bridgehead atoms. The first-order valence-electron chi connectivity index (χ1n) is 11.2. The first-order chi connectivity index (χ1) is 16.9. The zero-order chi connectivity index (χ0) is 24.7. The summed E-state index contributed by atoms with van der Waals surface area (Å²) < 4.78 is 31.3. The third kappa shape index (κ3) is 3.82. The van der Waals surface area contributed by atoms with Gasteiger partial charge in [-0.3, -0.25) is 18.6 Å². The summed E-state index contributed by atoms with van der Waals surface area (Å²) >= 11 is 0. The van der Waals surface area contributed by atoms with Crippen LogP contribution in [0.5, 0.6) is 5.75 Å². The molecule has 3 aromatic rings. The van der Waals surface area contributed by atoms with Gasteiger partial charge in [-0.15, -0.1) is 13.2 Å². The Balaban J connectivity index is 1.59. The molecule has 1 aromatic heterocycles. The van der Waals surface area contributed by atoms with Crippen LogP contribution in [0.25, 0.3) is 0 Å². The molecule has 0 radical (unpaired) electrons. The standard InChI is InChI=1S/C27H24NO6P/c1-4-13-32-35(31,33-14-5-2)34-22-12-8-11-20-23(22)27(30)21-16-28-15-18-9-6-7-10-19(18)17(3)25(28)24(21)26(20)29/h4-12,16-17H,1-2,13-15H2,3H3. The molecule has 0 spiro atoms. The van der Waals surface area contributed by atoms with E-state index in [-0.39, 0.29) is 47.6 Å². The van der Waals surface area contributed by atoms with Crippen molar-refractivity contribution < 1.29 is 27.7 Å². The van der Waals surface area contributed by atoms with Crippen molar-refractivity contribution in [3.63, 3.8) is 0 Å². The molecule has 0 saturated heterocycles. The number of hydrogen-bond donors (Lipinski definition) is 0. The summed E-state index contributed by atoms with van der Waals surface area (Å²) in [6.07, 6.45) is 4.54. The van der Waals surface area contributed by atoms with Crippen molar-refractivity contribution in [3.05, 3.63) is 113 Å². The lowest BCUT2D eigenvalue weighted by Gasteiger charge is -2.27. The lowest BCUT2D eigenvalue weighted by molar-refractivity contribution is 0.0976. The van der Waals surface area contributed by atoms with Gasteiger partial charge in [0.1, 0.15) is 5.75 Å². The summed E-state index contributed by atoms with van der Waals surface area (Å²) in [5.74, 6) is -0.735. The van der Waals surface area contributed by atoms with Crippen molar-refractivity contribution in [3.8, 4) is 5.75 Å². The molecule has 0 fully saturated rings. The lowest BCUT2D eigenvalue weighted by Crippen LogP contribution is -2.23. The molecule has 2 aliphatic rings. The van der Waals surface area contributed by atoms with Gasteiger partial charge in [-0.05, 0) is 17.2 Å². The highest BCUT2D eigenvalue weighted by Gasteiger charge is 2.40. The monoisotopic (exact) mass is 489 g/mol. The Morgan fingerprint density at radius 2 is 1.66 bits per heavy atom. The third-order valence-corrected chi connectivity index (χ3v) is 7.62. The molecular formula is C27H24NO6P. The normalized spacial score (nSPS) is 16.1. The van der Waals surface area contributed by atoms with Crippen LogP contribution in [-0.2, 0) is 20.2 Å². The van der Waals surface area contributed by atoms with E-state index in [0.29, 0.717) is 17.7 Å². The average Bonchev–Trinajstić information content (AvgIpc) is 3.25. The average molecular weight is 489 g/mol. The van der Waals surface area contributed by atoms with Gasteiger partial charge in [0.25, 0.3) is 0 Å². The number of carbonyl (C=O) groups excluding carboxylic acids is 2. The van der Waals surface area contributed by atoms with Gasteiger partial charge in [0, 0.05) is 29.9 Å². The van der Waals surface area contributed by atoms with E-state index >= 15 is 0 Å². The summed E-state index contributed by atoms with van der Waals surface area (Å²) in [6.45, 7) is 9.52. The second kappa shape index (κ2) is 8.93. The number of phosphoric ester groups is 1. The molecular weight excluding hydrogens is 465 g/mol. The third-order valence-electron chi connectivity index (χ3n) is 6.27. The highest BCUT2D eigenvalue weighted by molar-refractivity contribution is 7.49. The number of fused-ring (bicyclic) bond motifs is 5. The van der Waals surface area contributed by atoms with Crippen LogP contribution in [0.1, 0.15) is 61.5 Å². The SMILES string of the molecule is C=CCOP(=O)(OCC=C)Oc1cccc2c1C(=O)c1cn3c(c1C2=O)C(C)c1ccccc1C3. The number of aromatic nitrogens is 1. The Labute approximate surface area is 203 Å². The highest BCUT2D eigenvalue weighted by Crippen LogP contribution is 2.51. The fraction of sp³-hybridized carbons (Fsp3) is 0.185. The molecule has 2 aromatic carbocycles. The number of phosphoric acid groups is 1. The van der Waals surface area contributed by atoms with E-state index in [9.17, 15) is 14.2 Å². The summed E-state index contributed by atoms with van der Waals surface area (Å²) in [4.78, 5) is 27.5. The van der Waals surface area contributed by atoms with Crippen molar-refractivity contribution >= 4 is 19.4 Å². The van der Waals surface area contributed by atoms with Gasteiger partial charge < -0.3 is 9.09 Å². The van der Waals surface area contributed by atoms with E-state index in [1.165, 1.54) is 18.2 Å². The molecule has 5 rings (SSSR count). The predicted molar refractivity (Wildman–Crippen MR) is 131 cm³/mol. The minimum atomic E-state index is -4.12. The van der Waals surface area contributed by atoms with Gasteiger partial charge >= 0.3 is 7.82 Å². The van der Waals surface area contributed by atoms with Crippen LogP contribution >= 0.6 is 7.82 Å². The second-order valence-corrected chi connectivity index (χ2v) is 9.99. The molecule has 8 heteroatoms. The zero-order valence-electron chi connectivity index (χ0n) is 19.2. The Hall–Kier alpha value is -3.51. The molecule has 1 aliphatic heterocycles. The number of carbonyl (C=O) groups is 2. The van der Waals surface area contributed by atoms with E-state index < -0.39 is 7.82 Å². The van der Waals surface area contributed by atoms with Gasteiger partial charge in [0.15, 0.2) is 11.6 Å². The Bertz CT molecular complexity index is 1420. The number of hydrogen-bond acceptors (Lipinski definition) is 6. The summed E-state index contributed by atoms with van der Waals surface area (Å²) in [7, 11) is -4.12. The Kier molecular flexibility index (Phi) is 5.93. The second-order valence-electron chi connectivity index (χ2n) is 8.40. The summed E-state index contributed by atoms with van der Waals surface area (Å²) in [5.41, 5.74) is 4.08. The Morgan fingerprint density at radius 3 is 2.37 bits per heavy atom. The van der Waals surface area contributed by atoms with Crippen LogP contribution in [0.3, 0.4) is 0 Å². The van der Waals surface area contributed by atoms with E-state index in [4.69, 9.17) is 13.6 Å². The molecule has 2 heterocycles. The van der Waals surface area contributed by atoms with Gasteiger partial charge in [-0.2, -0.15) is 0 Å². The predicted octanol–water partition coefficient (Wildman–Crippen LogP) is 5.67. The fourth-order valence-corrected chi connectivity index (χ4v) is 5.96. The maximum Gasteiger partial charge on any atom is 0.530 e. The molecule has 1 unspecified atom stereocenters. The fourth-order valence-electron chi connectivity index (χ4n) is 4.81. The largest absolute Gasteiger partial charge is 0.530 e. The van der Waals surface area contributed by atoms with E-state index in [0.717, 1.165) is 16.8 Å². The molecule has 7 nitrogen and oxygen atoms in total. The molecule has 0 amide bonds. The summed E-state index contributed by atoms with van der Waals surface area (Å²) in [5, 5.41) is 0. The van der Waals surface area contributed by atoms with Crippen molar-refractivity contribution in [1.82, 2.24) is 4.57 Å². The molecule has 178 valence electrons. The molecule has 0 saturated carbocycles. The topological polar surface area (TPSA) is 83.8 Å². The van der Waals surface area contributed by atoms with Gasteiger partial charge in [-0.1, -0.05) is 55.5 Å². The van der Waals surface area contributed by atoms with E-state index in [2.05, 4.69) is 25.3 Å². The number of nitrogens with zero attached hydrogens (tertiary/aromatic N) is 1. The van der Waals surface area contributed by atoms with Crippen LogP contribution in [0.2, 0.25) is 0 Å². The van der Waals surface area contributed by atoms with Crippen molar-refractivity contribution in [2.45, 2.75) is 19.4 Å². The van der Waals surface area contributed by atoms with Crippen LogP contribution in [0, 0.1) is 0 Å². The summed E-state index contributed by atoms with van der Waals surface area (Å²) in [6, 6.07) is 12.7. The molecule has 1 aliphatic carbocycles. The maximum absolute atomic E-state index is 13.7. The van der Waals surface area contributed by atoms with Crippen molar-refractivity contribution in [2.75, 3.05) is 13.2 Å². The van der Waals surface area contributed by atoms with Crippen molar-refractivity contribution in [1.29, 1.82) is 0 Å². The first-order valence-corrected chi connectivity index (χ1v) is 12.7. The highest BCUT2D eigenvalue weighted by atomic mass is 31.2. The number of benzene rings is 2. The van der Waals surface area contributed by atoms with Gasteiger partial charge in [-0.25, -0.2) is 4.57 Å². The van der Waals surface area contributed by atoms with E-state index in [1.54, 1.807) is 18.3 Å². The number of rotatable bonds is 8. The van der Waals surface area contributed by atoms with Gasteiger partial charge in [0.05, 0.1) is 29.9 Å². The lowest BCUT2D eigenvalue weighted by atomic mass is 9.81. The molecule has 1 atom stereocenters.